The van der Waals surface area contributed by atoms with Crippen LogP contribution in [0.1, 0.15) is 23.9 Å². The van der Waals surface area contributed by atoms with E-state index in [0.717, 1.165) is 28.1 Å². The van der Waals surface area contributed by atoms with Crippen LogP contribution in [-0.4, -0.2) is 31.8 Å². The number of oxime groups is 1. The molecule has 0 aliphatic rings. The third-order valence-corrected chi connectivity index (χ3v) is 5.45. The molecule has 5 rings (SSSR count). The molecule has 8 heteroatoms. The van der Waals surface area contributed by atoms with Crippen molar-refractivity contribution >= 4 is 22.8 Å². The Kier molecular flexibility index (Phi) is 6.25. The van der Waals surface area contributed by atoms with Gasteiger partial charge < -0.3 is 4.84 Å². The minimum absolute atomic E-state index is 0.0292. The zero-order valence-corrected chi connectivity index (χ0v) is 19.0. The number of benzene rings is 3. The summed E-state index contributed by atoms with van der Waals surface area (Å²) in [6.45, 7) is 1.83. The number of hydrogen-bond donors (Lipinski definition) is 1. The largest absolute Gasteiger partial charge is 0.387 e. The average Bonchev–Trinajstić information content (AvgIpc) is 3.38. The van der Waals surface area contributed by atoms with E-state index in [1.165, 1.54) is 4.68 Å². The second kappa shape index (κ2) is 9.96. The lowest BCUT2D eigenvalue weighted by Crippen LogP contribution is -2.22. The number of nitrogens with one attached hydrogen (secondary N) is 1. The van der Waals surface area contributed by atoms with Crippen molar-refractivity contribution in [3.63, 3.8) is 0 Å². The molecule has 0 saturated carbocycles. The lowest BCUT2D eigenvalue weighted by Gasteiger charge is -2.09. The molecule has 2 aromatic heterocycles. The van der Waals surface area contributed by atoms with Crippen LogP contribution in [0.2, 0.25) is 0 Å². The molecule has 0 aliphatic heterocycles. The summed E-state index contributed by atoms with van der Waals surface area (Å²) in [7, 11) is 0. The van der Waals surface area contributed by atoms with Gasteiger partial charge in [-0.05, 0) is 24.6 Å². The molecule has 1 N–H and O–H groups in total. The highest BCUT2D eigenvalue weighted by Gasteiger charge is 2.12. The zero-order chi connectivity index (χ0) is 24.0. The quantitative estimate of drug-likeness (QED) is 0.282. The van der Waals surface area contributed by atoms with Crippen molar-refractivity contribution in [2.75, 3.05) is 0 Å². The van der Waals surface area contributed by atoms with Crippen LogP contribution in [0.25, 0.3) is 22.2 Å². The number of hydrogen-bond acceptors (Lipinski definition) is 6. The van der Waals surface area contributed by atoms with Gasteiger partial charge in [0.1, 0.15) is 0 Å². The van der Waals surface area contributed by atoms with E-state index in [2.05, 4.69) is 25.4 Å². The molecular weight excluding hydrogens is 440 g/mol. The standard InChI is InChI=1S/C27H22N6O2/c1-19(20-10-4-2-5-11-20)32-35-18-25-30-24-15-9-8-14-23(24)27(34)33(25)29-17-22-16-28-31-26(22)21-12-6-3-7-13-21/h2-17H,18H2,1H3,(H,28,31). The molecule has 0 saturated heterocycles. The summed E-state index contributed by atoms with van der Waals surface area (Å²) in [5.74, 6) is 0.333. The molecule has 0 aliphatic carbocycles. The van der Waals surface area contributed by atoms with Crippen molar-refractivity contribution in [1.82, 2.24) is 19.9 Å². The van der Waals surface area contributed by atoms with E-state index in [0.29, 0.717) is 16.7 Å². The van der Waals surface area contributed by atoms with Gasteiger partial charge in [-0.2, -0.15) is 14.9 Å². The topological polar surface area (TPSA) is 97.5 Å². The maximum Gasteiger partial charge on any atom is 0.282 e. The highest BCUT2D eigenvalue weighted by molar-refractivity contribution is 5.98. The van der Waals surface area contributed by atoms with Crippen molar-refractivity contribution in [1.29, 1.82) is 0 Å². The SMILES string of the molecule is CC(=NOCc1nc2ccccc2c(=O)n1N=Cc1cn[nH]c1-c1ccccc1)c1ccccc1. The molecule has 172 valence electrons. The molecule has 0 fully saturated rings. The molecule has 2 heterocycles. The summed E-state index contributed by atoms with van der Waals surface area (Å²) in [6, 6.07) is 26.6. The number of H-pyrrole nitrogens is 1. The van der Waals surface area contributed by atoms with Crippen molar-refractivity contribution in [3.8, 4) is 11.3 Å². The first-order valence-corrected chi connectivity index (χ1v) is 11.1. The molecule has 0 amide bonds. The fraction of sp³-hybridized carbons (Fsp3) is 0.0741. The molecule has 35 heavy (non-hydrogen) atoms. The third kappa shape index (κ3) is 4.77. The molecule has 3 aromatic carbocycles. The summed E-state index contributed by atoms with van der Waals surface area (Å²) < 4.78 is 1.25. The Bertz CT molecular complexity index is 1570. The van der Waals surface area contributed by atoms with E-state index < -0.39 is 0 Å². The predicted molar refractivity (Wildman–Crippen MR) is 136 cm³/mol. The van der Waals surface area contributed by atoms with Crippen molar-refractivity contribution < 1.29 is 4.84 Å². The molecule has 0 unspecified atom stereocenters. The van der Waals surface area contributed by atoms with Gasteiger partial charge in [0.2, 0.25) is 0 Å². The Hall–Kier alpha value is -4.85. The van der Waals surface area contributed by atoms with Gasteiger partial charge in [0.15, 0.2) is 12.4 Å². The van der Waals surface area contributed by atoms with Gasteiger partial charge in [0, 0.05) is 11.1 Å². The number of nitrogens with zero attached hydrogens (tertiary/aromatic N) is 5. The summed E-state index contributed by atoms with van der Waals surface area (Å²) in [5, 5.41) is 16.3. The van der Waals surface area contributed by atoms with Crippen molar-refractivity contribution in [3.05, 3.63) is 118 Å². The summed E-state index contributed by atoms with van der Waals surface area (Å²) in [6.07, 6.45) is 3.25. The lowest BCUT2D eigenvalue weighted by molar-refractivity contribution is 0.122. The van der Waals surface area contributed by atoms with Crippen molar-refractivity contribution in [2.45, 2.75) is 13.5 Å². The van der Waals surface area contributed by atoms with Gasteiger partial charge in [-0.15, -0.1) is 0 Å². The van der Waals surface area contributed by atoms with E-state index in [1.54, 1.807) is 30.6 Å². The van der Waals surface area contributed by atoms with Gasteiger partial charge in [0.05, 0.1) is 34.7 Å². The number of rotatable bonds is 7. The maximum absolute atomic E-state index is 13.3. The highest BCUT2D eigenvalue weighted by atomic mass is 16.6. The average molecular weight is 463 g/mol. The van der Waals surface area contributed by atoms with Crippen LogP contribution >= 0.6 is 0 Å². The molecule has 0 radical (unpaired) electrons. The van der Waals surface area contributed by atoms with Gasteiger partial charge in [-0.25, -0.2) is 4.98 Å². The molecule has 0 bridgehead atoms. The fourth-order valence-electron chi connectivity index (χ4n) is 3.65. The van der Waals surface area contributed by atoms with Gasteiger partial charge in [-0.1, -0.05) is 78.0 Å². The Morgan fingerprint density at radius 2 is 1.71 bits per heavy atom. The number of aromatic amines is 1. The van der Waals surface area contributed by atoms with Crippen molar-refractivity contribution in [2.24, 2.45) is 10.3 Å². The monoisotopic (exact) mass is 462 g/mol. The van der Waals surface area contributed by atoms with Crippen LogP contribution in [0.15, 0.2) is 106 Å². The van der Waals surface area contributed by atoms with E-state index >= 15 is 0 Å². The Morgan fingerprint density at radius 3 is 2.51 bits per heavy atom. The molecular formula is C27H22N6O2. The highest BCUT2D eigenvalue weighted by Crippen LogP contribution is 2.19. The van der Waals surface area contributed by atoms with Gasteiger partial charge in [0.25, 0.3) is 5.56 Å². The van der Waals surface area contributed by atoms with Crippen LogP contribution in [0.3, 0.4) is 0 Å². The van der Waals surface area contributed by atoms with Crippen LogP contribution in [0.5, 0.6) is 0 Å². The first kappa shape index (κ1) is 22.0. The Labute approximate surface area is 201 Å². The first-order valence-electron chi connectivity index (χ1n) is 11.1. The Morgan fingerprint density at radius 1 is 1.00 bits per heavy atom. The summed E-state index contributed by atoms with van der Waals surface area (Å²) in [5.41, 5.74) is 4.44. The lowest BCUT2D eigenvalue weighted by atomic mass is 10.1. The zero-order valence-electron chi connectivity index (χ0n) is 19.0. The smallest absolute Gasteiger partial charge is 0.282 e. The summed E-state index contributed by atoms with van der Waals surface area (Å²) >= 11 is 0. The van der Waals surface area contributed by atoms with Crippen LogP contribution < -0.4 is 5.56 Å². The molecule has 8 nitrogen and oxygen atoms in total. The maximum atomic E-state index is 13.3. The second-order valence-electron chi connectivity index (χ2n) is 7.79. The van der Waals surface area contributed by atoms with E-state index in [-0.39, 0.29) is 12.2 Å². The fourth-order valence-corrected chi connectivity index (χ4v) is 3.65. The molecule has 5 aromatic rings. The summed E-state index contributed by atoms with van der Waals surface area (Å²) in [4.78, 5) is 23.5. The van der Waals surface area contributed by atoms with Crippen LogP contribution in [-0.2, 0) is 11.4 Å². The first-order chi connectivity index (χ1) is 17.2. The minimum Gasteiger partial charge on any atom is -0.387 e. The number of aromatic nitrogens is 4. The van der Waals surface area contributed by atoms with E-state index in [1.807, 2.05) is 73.7 Å². The van der Waals surface area contributed by atoms with Crippen LogP contribution in [0, 0.1) is 0 Å². The Balaban J connectivity index is 1.49. The third-order valence-electron chi connectivity index (χ3n) is 5.45. The van der Waals surface area contributed by atoms with Crippen LogP contribution in [0.4, 0.5) is 0 Å². The molecule has 0 spiro atoms. The number of para-hydroxylation sites is 1. The normalized spacial score (nSPS) is 11.9. The minimum atomic E-state index is -0.293. The number of fused-ring (bicyclic) bond motifs is 1. The predicted octanol–water partition coefficient (Wildman–Crippen LogP) is 4.61. The van der Waals surface area contributed by atoms with Gasteiger partial charge in [-0.3, -0.25) is 9.89 Å². The van der Waals surface area contributed by atoms with Gasteiger partial charge >= 0.3 is 0 Å². The second-order valence-corrected chi connectivity index (χ2v) is 7.79. The molecule has 0 atom stereocenters. The van der Waals surface area contributed by atoms with E-state index in [9.17, 15) is 4.79 Å². The van der Waals surface area contributed by atoms with E-state index in [4.69, 9.17) is 4.84 Å².